The van der Waals surface area contributed by atoms with E-state index >= 15 is 0 Å². The van der Waals surface area contributed by atoms with Gasteiger partial charge in [0.05, 0.1) is 0 Å². The van der Waals surface area contributed by atoms with Crippen LogP contribution in [-0.2, 0) is 6.42 Å². The minimum Gasteiger partial charge on any atom is -0.147 e. The van der Waals surface area contributed by atoms with Crippen molar-refractivity contribution < 1.29 is 0 Å². The van der Waals surface area contributed by atoms with Crippen molar-refractivity contribution in [2.24, 2.45) is 0 Å². The first-order valence-corrected chi connectivity index (χ1v) is 4.56. The summed E-state index contributed by atoms with van der Waals surface area (Å²) in [6.07, 6.45) is 2.24. The Labute approximate surface area is 66.3 Å². The van der Waals surface area contributed by atoms with Crippen molar-refractivity contribution in [3.8, 4) is 0 Å². The van der Waals surface area contributed by atoms with Crippen molar-refractivity contribution in [3.05, 3.63) is 10.5 Å². The van der Waals surface area contributed by atoms with E-state index in [1.54, 1.807) is 16.8 Å². The van der Waals surface area contributed by atoms with Gasteiger partial charge in [0.2, 0.25) is 0 Å². The quantitative estimate of drug-likeness (QED) is 0.661. The molecule has 1 rings (SSSR count). The molecule has 0 aliphatic rings. The van der Waals surface area contributed by atoms with E-state index in [1.165, 1.54) is 0 Å². The van der Waals surface area contributed by atoms with Gasteiger partial charge in [-0.3, -0.25) is 0 Å². The van der Waals surface area contributed by atoms with E-state index in [-0.39, 0.29) is 0 Å². The molecule has 1 heterocycles. The maximum atomic E-state index is 3.87. The first-order chi connectivity index (χ1) is 4.93. The first-order valence-electron chi connectivity index (χ1n) is 3.68. The average molecular weight is 158 g/mol. The molecule has 0 bridgehead atoms. The Bertz CT molecular complexity index is 137. The number of aryl methyl sites for hydroxylation is 1. The van der Waals surface area contributed by atoms with Crippen LogP contribution in [0.3, 0.4) is 0 Å². The Kier molecular flexibility index (Phi) is 6.38. The second kappa shape index (κ2) is 6.68. The summed E-state index contributed by atoms with van der Waals surface area (Å²) < 4.78 is 0. The van der Waals surface area contributed by atoms with Crippen LogP contribution in [0.5, 0.6) is 0 Å². The van der Waals surface area contributed by atoms with Crippen LogP contribution >= 0.6 is 11.3 Å². The number of nitrogens with zero attached hydrogens (tertiary/aromatic N) is 2. The molecule has 0 aliphatic heterocycles. The fraction of sp³-hybridized carbons (Fsp3) is 0.714. The molecule has 0 radical (unpaired) electrons. The molecule has 3 heteroatoms. The molecule has 2 nitrogen and oxygen atoms in total. The third-order valence-electron chi connectivity index (χ3n) is 0.869. The molecule has 0 aliphatic carbocycles. The van der Waals surface area contributed by atoms with Crippen LogP contribution in [0.4, 0.5) is 0 Å². The highest BCUT2D eigenvalue weighted by molar-refractivity contribution is 7.09. The molecule has 0 N–H and O–H groups in total. The second-order valence-corrected chi connectivity index (χ2v) is 2.50. The highest BCUT2D eigenvalue weighted by Crippen LogP contribution is 2.02. The van der Waals surface area contributed by atoms with Gasteiger partial charge in [0.1, 0.15) is 10.5 Å². The molecule has 0 spiro atoms. The zero-order valence-electron chi connectivity index (χ0n) is 6.79. The molecule has 0 saturated carbocycles. The molecule has 0 aromatic carbocycles. The monoisotopic (exact) mass is 158 g/mol. The summed E-state index contributed by atoms with van der Waals surface area (Å²) in [4.78, 5) is 0. The maximum Gasteiger partial charge on any atom is 0.117 e. The predicted octanol–water partition coefficient (Wildman–Crippen LogP) is 2.52. The topological polar surface area (TPSA) is 25.8 Å². The zero-order valence-corrected chi connectivity index (χ0v) is 7.61. The Hall–Kier alpha value is -0.440. The minimum absolute atomic E-state index is 1.07. The van der Waals surface area contributed by atoms with Crippen molar-refractivity contribution in [1.82, 2.24) is 10.2 Å². The van der Waals surface area contributed by atoms with Crippen molar-refractivity contribution in [2.75, 3.05) is 0 Å². The van der Waals surface area contributed by atoms with Gasteiger partial charge in [-0.15, -0.1) is 21.5 Å². The lowest BCUT2D eigenvalue weighted by Gasteiger charge is -1.82. The summed E-state index contributed by atoms with van der Waals surface area (Å²) in [6, 6.07) is 0. The Morgan fingerprint density at radius 2 is 2.20 bits per heavy atom. The van der Waals surface area contributed by atoms with Crippen LogP contribution in [-0.4, -0.2) is 10.2 Å². The SMILES string of the molecule is CC.CCCc1nncs1. The van der Waals surface area contributed by atoms with Gasteiger partial charge in [0.15, 0.2) is 0 Å². The number of rotatable bonds is 2. The zero-order chi connectivity index (χ0) is 7.82. The molecule has 58 valence electrons. The lowest BCUT2D eigenvalue weighted by atomic mass is 10.4. The first kappa shape index (κ1) is 9.56. The third kappa shape index (κ3) is 3.56. The molecule has 1 aromatic rings. The summed E-state index contributed by atoms with van der Waals surface area (Å²) in [5.74, 6) is 0. The fourth-order valence-electron chi connectivity index (χ4n) is 0.519. The lowest BCUT2D eigenvalue weighted by Crippen LogP contribution is -1.79. The number of hydrogen-bond acceptors (Lipinski definition) is 3. The van der Waals surface area contributed by atoms with E-state index < -0.39 is 0 Å². The van der Waals surface area contributed by atoms with Gasteiger partial charge < -0.3 is 0 Å². The molecular weight excluding hydrogens is 144 g/mol. The van der Waals surface area contributed by atoms with Gasteiger partial charge in [-0.1, -0.05) is 20.8 Å². The number of aromatic nitrogens is 2. The highest BCUT2D eigenvalue weighted by atomic mass is 32.1. The van der Waals surface area contributed by atoms with Gasteiger partial charge in [-0.05, 0) is 6.42 Å². The van der Waals surface area contributed by atoms with Crippen LogP contribution in [0, 0.1) is 0 Å². The molecule has 0 amide bonds. The molecule has 1 aromatic heterocycles. The number of hydrogen-bond donors (Lipinski definition) is 0. The summed E-state index contributed by atoms with van der Waals surface area (Å²) in [7, 11) is 0. The van der Waals surface area contributed by atoms with Crippen molar-refractivity contribution in [2.45, 2.75) is 33.6 Å². The van der Waals surface area contributed by atoms with Crippen LogP contribution < -0.4 is 0 Å². The summed E-state index contributed by atoms with van der Waals surface area (Å²) >= 11 is 1.63. The van der Waals surface area contributed by atoms with Crippen molar-refractivity contribution >= 4 is 11.3 Å². The average Bonchev–Trinajstić information content (AvgIpc) is 2.46. The van der Waals surface area contributed by atoms with Crippen molar-refractivity contribution in [1.29, 1.82) is 0 Å². The van der Waals surface area contributed by atoms with Crippen LogP contribution in [0.25, 0.3) is 0 Å². The van der Waals surface area contributed by atoms with Gasteiger partial charge >= 0.3 is 0 Å². The summed E-state index contributed by atoms with van der Waals surface area (Å²) in [5.41, 5.74) is 1.77. The van der Waals surface area contributed by atoms with Crippen molar-refractivity contribution in [3.63, 3.8) is 0 Å². The molecular formula is C7H14N2S. The minimum atomic E-state index is 1.07. The van der Waals surface area contributed by atoms with Gasteiger partial charge in [0.25, 0.3) is 0 Å². The largest absolute Gasteiger partial charge is 0.147 e. The lowest BCUT2D eigenvalue weighted by molar-refractivity contribution is 0.878. The van der Waals surface area contributed by atoms with Crippen LogP contribution in [0.15, 0.2) is 5.51 Å². The molecule has 0 saturated heterocycles. The van der Waals surface area contributed by atoms with E-state index in [0.29, 0.717) is 0 Å². The van der Waals surface area contributed by atoms with Gasteiger partial charge in [-0.2, -0.15) is 0 Å². The maximum absolute atomic E-state index is 3.87. The van der Waals surface area contributed by atoms with E-state index in [4.69, 9.17) is 0 Å². The molecule has 0 atom stereocenters. The highest BCUT2D eigenvalue weighted by Gasteiger charge is 1.90. The van der Waals surface area contributed by atoms with Crippen LogP contribution in [0.1, 0.15) is 32.2 Å². The van der Waals surface area contributed by atoms with Crippen LogP contribution in [0.2, 0.25) is 0 Å². The Morgan fingerprint density at radius 1 is 1.50 bits per heavy atom. The van der Waals surface area contributed by atoms with E-state index in [2.05, 4.69) is 17.1 Å². The molecule has 0 unspecified atom stereocenters. The summed E-state index contributed by atoms with van der Waals surface area (Å²) in [6.45, 7) is 6.14. The molecule has 0 fully saturated rings. The van der Waals surface area contributed by atoms with E-state index in [0.717, 1.165) is 17.8 Å². The fourth-order valence-corrected chi connectivity index (χ4v) is 1.15. The second-order valence-electron chi connectivity index (χ2n) is 1.58. The normalized spacial score (nSPS) is 8.30. The Morgan fingerprint density at radius 3 is 2.60 bits per heavy atom. The Balaban J connectivity index is 0.000000371. The summed E-state index contributed by atoms with van der Waals surface area (Å²) in [5, 5.41) is 8.73. The standard InChI is InChI=1S/C5H8N2S.C2H6/c1-2-3-5-7-6-4-8-5;1-2/h4H,2-3H2,1H3;1-2H3. The van der Waals surface area contributed by atoms with E-state index in [1.807, 2.05) is 13.8 Å². The van der Waals surface area contributed by atoms with Gasteiger partial charge in [0, 0.05) is 6.42 Å². The molecule has 10 heavy (non-hydrogen) atoms. The van der Waals surface area contributed by atoms with Gasteiger partial charge in [-0.25, -0.2) is 0 Å². The predicted molar refractivity (Wildman–Crippen MR) is 45.3 cm³/mol. The third-order valence-corrected chi connectivity index (χ3v) is 1.63. The van der Waals surface area contributed by atoms with E-state index in [9.17, 15) is 0 Å². The smallest absolute Gasteiger partial charge is 0.117 e.